The van der Waals surface area contributed by atoms with Crippen molar-refractivity contribution >= 4 is 40.4 Å². The Morgan fingerprint density at radius 3 is 2.38 bits per heavy atom. The molecule has 1 amide bonds. The van der Waals surface area contributed by atoms with Crippen LogP contribution in [0.25, 0.3) is 10.6 Å². The van der Waals surface area contributed by atoms with Crippen molar-refractivity contribution in [3.05, 3.63) is 76.9 Å². The molecule has 0 atom stereocenters. The molecule has 0 saturated carbocycles. The van der Waals surface area contributed by atoms with Gasteiger partial charge < -0.3 is 16.0 Å². The number of aryl methyl sites for hydroxylation is 2. The summed E-state index contributed by atoms with van der Waals surface area (Å²) in [7, 11) is 0. The number of amides is 1. The van der Waals surface area contributed by atoms with Crippen LogP contribution in [0.1, 0.15) is 28.0 Å². The average molecular weight is 445 g/mol. The molecule has 4 rings (SSSR count). The van der Waals surface area contributed by atoms with E-state index in [0.29, 0.717) is 22.3 Å². The number of carbonyl (C=O) groups excluding carboxylic acids is 1. The Kier molecular flexibility index (Phi) is 6.42. The molecule has 0 unspecified atom stereocenters. The number of thiazole rings is 1. The third kappa shape index (κ3) is 5.09. The second kappa shape index (κ2) is 9.57. The first-order valence-electron chi connectivity index (χ1n) is 10.3. The van der Waals surface area contributed by atoms with Crippen LogP contribution in [0.15, 0.2) is 60.7 Å². The summed E-state index contributed by atoms with van der Waals surface area (Å²) in [5, 5.41) is 10.2. The first-order chi connectivity index (χ1) is 15.5. The molecule has 0 saturated heterocycles. The summed E-state index contributed by atoms with van der Waals surface area (Å²) >= 11 is 1.40. The molecule has 2 aromatic heterocycles. The molecule has 3 N–H and O–H groups in total. The topological polar surface area (TPSA) is 91.8 Å². The first kappa shape index (κ1) is 21.5. The molecule has 7 nitrogen and oxygen atoms in total. The largest absolute Gasteiger partial charge is 0.354 e. The first-order valence-corrected chi connectivity index (χ1v) is 11.1. The molecule has 4 aromatic rings. The molecule has 0 aliphatic heterocycles. The molecule has 0 fully saturated rings. The predicted octanol–water partition coefficient (Wildman–Crippen LogP) is 5.64. The summed E-state index contributed by atoms with van der Waals surface area (Å²) in [6.45, 7) is 6.54. The normalized spacial score (nSPS) is 10.6. The molecule has 0 aliphatic carbocycles. The maximum Gasteiger partial charge on any atom is 0.267 e. The molecular weight excluding hydrogens is 420 g/mol. The number of carbonyl (C=O) groups is 1. The number of nitrogens with zero attached hydrogens (tertiary/aromatic N) is 3. The van der Waals surface area contributed by atoms with Gasteiger partial charge in [-0.15, -0.1) is 11.3 Å². The lowest BCUT2D eigenvalue weighted by Gasteiger charge is -2.10. The van der Waals surface area contributed by atoms with Crippen LogP contribution in [0.4, 0.5) is 23.1 Å². The lowest BCUT2D eigenvalue weighted by molar-refractivity contribution is 0.103. The van der Waals surface area contributed by atoms with Crippen molar-refractivity contribution < 1.29 is 4.79 Å². The standard InChI is InChI=1S/C24H24N6OS/c1-4-25-24-26-15(2)14-20(30-24)28-18-10-12-19(13-11-18)29-22(31)21-16(3)27-23(32-21)17-8-6-5-7-9-17/h5-14H,4H2,1-3H3,(H,29,31)(H2,25,26,28,30). The lowest BCUT2D eigenvalue weighted by Crippen LogP contribution is -2.11. The van der Waals surface area contributed by atoms with Gasteiger partial charge in [0.15, 0.2) is 0 Å². The van der Waals surface area contributed by atoms with Crippen molar-refractivity contribution in [2.24, 2.45) is 0 Å². The van der Waals surface area contributed by atoms with E-state index in [2.05, 4.69) is 30.9 Å². The number of hydrogen-bond donors (Lipinski definition) is 3. The van der Waals surface area contributed by atoms with Gasteiger partial charge in [-0.3, -0.25) is 4.79 Å². The molecule has 32 heavy (non-hydrogen) atoms. The van der Waals surface area contributed by atoms with Crippen LogP contribution in [0.5, 0.6) is 0 Å². The van der Waals surface area contributed by atoms with Crippen molar-refractivity contribution in [2.45, 2.75) is 20.8 Å². The van der Waals surface area contributed by atoms with E-state index in [1.807, 2.05) is 81.4 Å². The Morgan fingerprint density at radius 2 is 1.66 bits per heavy atom. The summed E-state index contributed by atoms with van der Waals surface area (Å²) in [5.41, 5.74) is 4.18. The van der Waals surface area contributed by atoms with E-state index in [0.717, 1.165) is 34.2 Å². The fraction of sp³-hybridized carbons (Fsp3) is 0.167. The zero-order valence-corrected chi connectivity index (χ0v) is 19.0. The van der Waals surface area contributed by atoms with E-state index in [4.69, 9.17) is 0 Å². The van der Waals surface area contributed by atoms with Crippen LogP contribution in [0, 0.1) is 13.8 Å². The number of hydrogen-bond acceptors (Lipinski definition) is 7. The summed E-state index contributed by atoms with van der Waals surface area (Å²) in [5.74, 6) is 1.14. The van der Waals surface area contributed by atoms with Gasteiger partial charge in [-0.1, -0.05) is 30.3 Å². The number of anilines is 4. The van der Waals surface area contributed by atoms with Gasteiger partial charge in [0, 0.05) is 35.2 Å². The van der Waals surface area contributed by atoms with Gasteiger partial charge in [-0.05, 0) is 45.0 Å². The molecule has 0 radical (unpaired) electrons. The summed E-state index contributed by atoms with van der Waals surface area (Å²) in [4.78, 5) is 26.8. The Balaban J connectivity index is 1.44. The Hall–Kier alpha value is -3.78. The fourth-order valence-electron chi connectivity index (χ4n) is 3.15. The highest BCUT2D eigenvalue weighted by Gasteiger charge is 2.16. The second-order valence-corrected chi connectivity index (χ2v) is 8.20. The Bertz CT molecular complexity index is 1220. The molecule has 0 spiro atoms. The fourth-order valence-corrected chi connectivity index (χ4v) is 4.12. The van der Waals surface area contributed by atoms with Gasteiger partial charge >= 0.3 is 0 Å². The smallest absolute Gasteiger partial charge is 0.267 e. The van der Waals surface area contributed by atoms with Crippen LogP contribution in [0.3, 0.4) is 0 Å². The third-order valence-corrected chi connectivity index (χ3v) is 5.83. The highest BCUT2D eigenvalue weighted by Crippen LogP contribution is 2.28. The molecular formula is C24H24N6OS. The van der Waals surface area contributed by atoms with Crippen molar-refractivity contribution in [2.75, 3.05) is 22.5 Å². The average Bonchev–Trinajstić information content (AvgIpc) is 3.17. The van der Waals surface area contributed by atoms with Gasteiger partial charge in [0.2, 0.25) is 5.95 Å². The van der Waals surface area contributed by atoms with Crippen LogP contribution in [-0.2, 0) is 0 Å². The maximum atomic E-state index is 12.8. The molecule has 2 heterocycles. The minimum absolute atomic E-state index is 0.162. The summed E-state index contributed by atoms with van der Waals surface area (Å²) in [6.07, 6.45) is 0. The Labute approximate surface area is 191 Å². The highest BCUT2D eigenvalue weighted by molar-refractivity contribution is 7.17. The summed E-state index contributed by atoms with van der Waals surface area (Å²) < 4.78 is 0. The van der Waals surface area contributed by atoms with Gasteiger partial charge in [-0.25, -0.2) is 9.97 Å². The van der Waals surface area contributed by atoms with Crippen molar-refractivity contribution in [1.82, 2.24) is 15.0 Å². The minimum atomic E-state index is -0.162. The highest BCUT2D eigenvalue weighted by atomic mass is 32.1. The van der Waals surface area contributed by atoms with Gasteiger partial charge in [0.25, 0.3) is 5.91 Å². The number of aromatic nitrogens is 3. The molecule has 0 bridgehead atoms. The van der Waals surface area contributed by atoms with Gasteiger partial charge in [-0.2, -0.15) is 4.98 Å². The van der Waals surface area contributed by atoms with Crippen LogP contribution < -0.4 is 16.0 Å². The van der Waals surface area contributed by atoms with Crippen LogP contribution >= 0.6 is 11.3 Å². The predicted molar refractivity (Wildman–Crippen MR) is 131 cm³/mol. The van der Waals surface area contributed by atoms with Crippen molar-refractivity contribution in [3.8, 4) is 10.6 Å². The quantitative estimate of drug-likeness (QED) is 0.341. The number of nitrogens with one attached hydrogen (secondary N) is 3. The minimum Gasteiger partial charge on any atom is -0.354 e. The van der Waals surface area contributed by atoms with Gasteiger partial charge in [0.1, 0.15) is 15.7 Å². The lowest BCUT2D eigenvalue weighted by atomic mass is 10.2. The number of rotatable bonds is 7. The van der Waals surface area contributed by atoms with Crippen molar-refractivity contribution in [3.63, 3.8) is 0 Å². The zero-order chi connectivity index (χ0) is 22.5. The monoisotopic (exact) mass is 444 g/mol. The maximum absolute atomic E-state index is 12.8. The van der Waals surface area contributed by atoms with E-state index in [9.17, 15) is 4.79 Å². The SMILES string of the molecule is CCNc1nc(C)cc(Nc2ccc(NC(=O)c3sc(-c4ccccc4)nc3C)cc2)n1. The van der Waals surface area contributed by atoms with Gasteiger partial charge in [0.05, 0.1) is 5.69 Å². The van der Waals surface area contributed by atoms with Crippen LogP contribution in [-0.4, -0.2) is 27.4 Å². The van der Waals surface area contributed by atoms with E-state index >= 15 is 0 Å². The zero-order valence-electron chi connectivity index (χ0n) is 18.1. The Morgan fingerprint density at radius 1 is 0.938 bits per heavy atom. The number of benzene rings is 2. The summed E-state index contributed by atoms with van der Waals surface area (Å²) in [6, 6.07) is 19.3. The van der Waals surface area contributed by atoms with E-state index in [1.54, 1.807) is 0 Å². The van der Waals surface area contributed by atoms with E-state index in [-0.39, 0.29) is 5.91 Å². The molecule has 2 aromatic carbocycles. The van der Waals surface area contributed by atoms with Crippen LogP contribution in [0.2, 0.25) is 0 Å². The second-order valence-electron chi connectivity index (χ2n) is 7.20. The third-order valence-electron chi connectivity index (χ3n) is 4.63. The molecule has 0 aliphatic rings. The van der Waals surface area contributed by atoms with E-state index < -0.39 is 0 Å². The van der Waals surface area contributed by atoms with E-state index in [1.165, 1.54) is 11.3 Å². The molecule has 8 heteroatoms. The van der Waals surface area contributed by atoms with Crippen molar-refractivity contribution in [1.29, 1.82) is 0 Å². The molecule has 162 valence electrons.